The van der Waals surface area contributed by atoms with Crippen LogP contribution in [-0.4, -0.2) is 27.3 Å². The zero-order valence-electron chi connectivity index (χ0n) is 15.0. The van der Waals surface area contributed by atoms with Gasteiger partial charge in [0.1, 0.15) is 6.10 Å². The van der Waals surface area contributed by atoms with Gasteiger partial charge < -0.3 is 14.5 Å². The summed E-state index contributed by atoms with van der Waals surface area (Å²) < 4.78 is 17.8. The Morgan fingerprint density at radius 3 is 1.96 bits per heavy atom. The molecule has 2 aromatic carbocycles. The van der Waals surface area contributed by atoms with E-state index in [0.29, 0.717) is 24.0 Å². The van der Waals surface area contributed by atoms with Crippen LogP contribution in [0.25, 0.3) is 0 Å². The largest absolute Gasteiger partial charge is 0.358 e. The molecule has 0 aliphatic rings. The average Bonchev–Trinajstić information content (AvgIpc) is 2.65. The van der Waals surface area contributed by atoms with Gasteiger partial charge >= 0.3 is 7.60 Å². The first kappa shape index (κ1) is 20.5. The molecule has 0 saturated heterocycles. The smallest absolute Gasteiger partial charge is 0.328 e. The maximum atomic E-state index is 13.1. The van der Waals surface area contributed by atoms with E-state index >= 15 is 0 Å². The predicted molar refractivity (Wildman–Crippen MR) is 101 cm³/mol. The summed E-state index contributed by atoms with van der Waals surface area (Å²) in [6.07, 6.45) is -0.566. The van der Waals surface area contributed by atoms with Gasteiger partial charge in [-0.3, -0.25) is 9.36 Å². The Labute approximate surface area is 154 Å². The summed E-state index contributed by atoms with van der Waals surface area (Å²) in [6.45, 7) is 3.63. The molecular weight excluding hydrogens is 351 g/mol. The quantitative estimate of drug-likeness (QED) is 0.502. The molecule has 0 aromatic heterocycles. The second-order valence-electron chi connectivity index (χ2n) is 6.35. The van der Waals surface area contributed by atoms with Gasteiger partial charge in [0.25, 0.3) is 0 Å². The van der Waals surface area contributed by atoms with E-state index < -0.39 is 25.5 Å². The number of benzene rings is 2. The van der Waals surface area contributed by atoms with E-state index in [0.717, 1.165) is 0 Å². The van der Waals surface area contributed by atoms with E-state index in [1.807, 2.05) is 38.1 Å². The Morgan fingerprint density at radius 2 is 1.50 bits per heavy atom. The number of carbonyl (C=O) groups is 1. The third-order valence-corrected chi connectivity index (χ3v) is 5.54. The maximum absolute atomic E-state index is 13.1. The molecule has 2 aromatic rings. The van der Waals surface area contributed by atoms with Crippen LogP contribution in [0.2, 0.25) is 0 Å². The van der Waals surface area contributed by atoms with Crippen LogP contribution in [0.4, 0.5) is 0 Å². The first-order valence-corrected chi connectivity index (χ1v) is 10.5. The molecule has 0 aliphatic heterocycles. The first-order chi connectivity index (χ1) is 12.3. The lowest BCUT2D eigenvalue weighted by atomic mass is 9.95. The summed E-state index contributed by atoms with van der Waals surface area (Å²) >= 11 is 0. The average molecular weight is 376 g/mol. The molecule has 0 fully saturated rings. The second-order valence-corrected chi connectivity index (χ2v) is 8.00. The number of carbonyl (C=O) groups excluding carboxylic acids is 1. The third kappa shape index (κ3) is 5.36. The van der Waals surface area contributed by atoms with Crippen molar-refractivity contribution in [2.75, 3.05) is 6.16 Å². The fourth-order valence-electron chi connectivity index (χ4n) is 2.96. The molecular formula is C20H25O5P. The van der Waals surface area contributed by atoms with Crippen molar-refractivity contribution in [2.24, 2.45) is 0 Å². The SMILES string of the molecule is CCC(CC)(CP(=O)(O)O)OC(C(=O)c1ccccc1)c1ccccc1. The minimum atomic E-state index is -4.31. The number of hydrogen-bond acceptors (Lipinski definition) is 3. The van der Waals surface area contributed by atoms with Gasteiger partial charge in [0.05, 0.1) is 11.8 Å². The van der Waals surface area contributed by atoms with E-state index in [4.69, 9.17) is 4.74 Å². The summed E-state index contributed by atoms with van der Waals surface area (Å²) in [5.41, 5.74) is 0.0845. The molecule has 0 saturated carbocycles. The Morgan fingerprint density at radius 1 is 1.00 bits per heavy atom. The second kappa shape index (κ2) is 8.74. The van der Waals surface area contributed by atoms with Crippen LogP contribution in [0.1, 0.15) is 48.7 Å². The molecule has 0 heterocycles. The third-order valence-electron chi connectivity index (χ3n) is 4.55. The van der Waals surface area contributed by atoms with Gasteiger partial charge in [0.15, 0.2) is 5.78 Å². The molecule has 1 atom stereocenters. The summed E-state index contributed by atoms with van der Waals surface area (Å²) in [5, 5.41) is 0. The van der Waals surface area contributed by atoms with E-state index in [1.165, 1.54) is 0 Å². The van der Waals surface area contributed by atoms with Gasteiger partial charge in [-0.25, -0.2) is 0 Å². The van der Waals surface area contributed by atoms with Crippen molar-refractivity contribution in [3.8, 4) is 0 Å². The van der Waals surface area contributed by atoms with Crippen molar-refractivity contribution in [1.82, 2.24) is 0 Å². The molecule has 1 unspecified atom stereocenters. The highest BCUT2D eigenvalue weighted by Gasteiger charge is 2.39. The lowest BCUT2D eigenvalue weighted by Gasteiger charge is -2.35. The van der Waals surface area contributed by atoms with Crippen LogP contribution < -0.4 is 0 Å². The lowest BCUT2D eigenvalue weighted by Crippen LogP contribution is -2.38. The molecule has 26 heavy (non-hydrogen) atoms. The molecule has 0 spiro atoms. The van der Waals surface area contributed by atoms with E-state index in [2.05, 4.69) is 0 Å². The molecule has 140 valence electrons. The van der Waals surface area contributed by atoms with Crippen molar-refractivity contribution < 1.29 is 23.9 Å². The Hall–Kier alpha value is -1.78. The van der Waals surface area contributed by atoms with Gasteiger partial charge in [-0.05, 0) is 18.4 Å². The Kier molecular flexibility index (Phi) is 6.90. The summed E-state index contributed by atoms with van der Waals surface area (Å²) in [7, 11) is -4.31. The Balaban J connectivity index is 2.43. The van der Waals surface area contributed by atoms with E-state index in [9.17, 15) is 19.1 Å². The van der Waals surface area contributed by atoms with E-state index in [1.54, 1.807) is 36.4 Å². The first-order valence-electron chi connectivity index (χ1n) is 8.67. The minimum Gasteiger partial charge on any atom is -0.358 e. The van der Waals surface area contributed by atoms with Crippen LogP contribution in [0.5, 0.6) is 0 Å². The number of rotatable bonds is 9. The van der Waals surface area contributed by atoms with Crippen LogP contribution in [0.3, 0.4) is 0 Å². The maximum Gasteiger partial charge on any atom is 0.328 e. The van der Waals surface area contributed by atoms with Crippen molar-refractivity contribution >= 4 is 13.4 Å². The fourth-order valence-corrected chi connectivity index (χ4v) is 4.23. The molecule has 0 radical (unpaired) electrons. The molecule has 0 aliphatic carbocycles. The molecule has 0 amide bonds. The molecule has 6 heteroatoms. The summed E-state index contributed by atoms with van der Waals surface area (Å²) in [5.74, 6) is -0.228. The van der Waals surface area contributed by atoms with Gasteiger partial charge in [-0.15, -0.1) is 0 Å². The highest BCUT2D eigenvalue weighted by Crippen LogP contribution is 2.44. The molecule has 2 rings (SSSR count). The van der Waals surface area contributed by atoms with Gasteiger partial charge in [-0.2, -0.15) is 0 Å². The monoisotopic (exact) mass is 376 g/mol. The molecule has 2 N–H and O–H groups in total. The van der Waals surface area contributed by atoms with Crippen molar-refractivity contribution in [3.63, 3.8) is 0 Å². The zero-order valence-corrected chi connectivity index (χ0v) is 15.9. The minimum absolute atomic E-state index is 0.228. The van der Waals surface area contributed by atoms with Crippen molar-refractivity contribution in [2.45, 2.75) is 38.4 Å². The summed E-state index contributed by atoms with van der Waals surface area (Å²) in [4.78, 5) is 32.1. The molecule has 0 bridgehead atoms. The number of ether oxygens (including phenoxy) is 1. The van der Waals surface area contributed by atoms with Crippen LogP contribution in [0, 0.1) is 0 Å². The van der Waals surface area contributed by atoms with Gasteiger partial charge in [0, 0.05) is 5.56 Å². The highest BCUT2D eigenvalue weighted by molar-refractivity contribution is 7.51. The fraction of sp³-hybridized carbons (Fsp3) is 0.350. The highest BCUT2D eigenvalue weighted by atomic mass is 31.2. The zero-order chi connectivity index (χ0) is 19.2. The number of hydrogen-bond donors (Lipinski definition) is 2. The van der Waals surface area contributed by atoms with E-state index in [-0.39, 0.29) is 5.78 Å². The van der Waals surface area contributed by atoms with Gasteiger partial charge in [-0.1, -0.05) is 74.5 Å². The molecule has 5 nitrogen and oxygen atoms in total. The lowest BCUT2D eigenvalue weighted by molar-refractivity contribution is -0.0740. The standard InChI is InChI=1S/C20H25O5P/c1-3-20(4-2,15-26(22,23)24)25-19(17-13-9-6-10-14-17)18(21)16-11-7-5-8-12-16/h5-14,19H,3-4,15H2,1-2H3,(H2,22,23,24). The van der Waals surface area contributed by atoms with Crippen molar-refractivity contribution in [3.05, 3.63) is 71.8 Å². The normalized spacial score (nSPS) is 13.4. The van der Waals surface area contributed by atoms with Crippen LogP contribution in [-0.2, 0) is 9.30 Å². The number of ketones is 1. The van der Waals surface area contributed by atoms with Crippen LogP contribution in [0.15, 0.2) is 60.7 Å². The topological polar surface area (TPSA) is 83.8 Å². The predicted octanol–water partition coefficient (Wildman–Crippen LogP) is 4.36. The van der Waals surface area contributed by atoms with Crippen molar-refractivity contribution in [1.29, 1.82) is 0 Å². The van der Waals surface area contributed by atoms with Gasteiger partial charge in [0.2, 0.25) is 0 Å². The number of Topliss-reactive ketones (excluding diaryl/α,β-unsaturated/α-hetero) is 1. The Bertz CT molecular complexity index is 750. The summed E-state index contributed by atoms with van der Waals surface area (Å²) in [6, 6.07) is 17.8. The van der Waals surface area contributed by atoms with Crippen LogP contribution >= 0.6 is 7.60 Å².